The molecule has 6 nitrogen and oxygen atoms in total. The Labute approximate surface area is 180 Å². The molecule has 5 rings (SSSR count). The second kappa shape index (κ2) is 7.99. The van der Waals surface area contributed by atoms with Gasteiger partial charge in [-0.1, -0.05) is 36.4 Å². The summed E-state index contributed by atoms with van der Waals surface area (Å²) in [6.45, 7) is 4.65. The number of carbonyl (C=O) groups is 1. The van der Waals surface area contributed by atoms with E-state index in [0.29, 0.717) is 18.7 Å². The molecule has 0 fully saturated rings. The number of nitrogens with zero attached hydrogens (tertiary/aromatic N) is 3. The molecule has 4 aromatic rings. The molecule has 0 aliphatic carbocycles. The molecular weight excluding hydrogens is 388 g/mol. The largest absolute Gasteiger partial charge is 0.487 e. The number of imidazole rings is 1. The summed E-state index contributed by atoms with van der Waals surface area (Å²) in [6, 6.07) is 21.3. The van der Waals surface area contributed by atoms with Crippen LogP contribution in [0.4, 0.5) is 5.69 Å². The van der Waals surface area contributed by atoms with Crippen LogP contribution >= 0.6 is 0 Å². The Kier molecular flexibility index (Phi) is 4.88. The summed E-state index contributed by atoms with van der Waals surface area (Å²) in [4.78, 5) is 19.3. The number of benzene rings is 2. The van der Waals surface area contributed by atoms with Crippen LogP contribution in [0.1, 0.15) is 27.8 Å². The van der Waals surface area contributed by atoms with Gasteiger partial charge in [0.05, 0.1) is 11.3 Å². The van der Waals surface area contributed by atoms with Gasteiger partial charge in [-0.25, -0.2) is 4.98 Å². The molecule has 154 valence electrons. The summed E-state index contributed by atoms with van der Waals surface area (Å²) in [7, 11) is 0. The van der Waals surface area contributed by atoms with Crippen LogP contribution in [-0.2, 0) is 6.61 Å². The number of hydrogen-bond acceptors (Lipinski definition) is 4. The number of nitrogens with one attached hydrogen (secondary N) is 1. The summed E-state index contributed by atoms with van der Waals surface area (Å²) in [6.07, 6.45) is 5.40. The van der Waals surface area contributed by atoms with Gasteiger partial charge in [-0.05, 0) is 42.0 Å². The van der Waals surface area contributed by atoms with Crippen LogP contribution in [0.5, 0.6) is 5.75 Å². The summed E-state index contributed by atoms with van der Waals surface area (Å²) in [5.41, 5.74) is 4.25. The van der Waals surface area contributed by atoms with Gasteiger partial charge in [0.2, 0.25) is 0 Å². The van der Waals surface area contributed by atoms with Crippen LogP contribution in [0.25, 0.3) is 5.65 Å². The fraction of sp³-hybridized carbons (Fsp3) is 0.120. The van der Waals surface area contributed by atoms with Crippen molar-refractivity contribution in [3.8, 4) is 5.75 Å². The summed E-state index contributed by atoms with van der Waals surface area (Å²) >= 11 is 0. The second-order valence-corrected chi connectivity index (χ2v) is 7.39. The zero-order valence-electron chi connectivity index (χ0n) is 16.9. The van der Waals surface area contributed by atoms with Crippen molar-refractivity contribution in [2.75, 3.05) is 11.9 Å². The van der Waals surface area contributed by atoms with Gasteiger partial charge >= 0.3 is 0 Å². The van der Waals surface area contributed by atoms with E-state index in [1.54, 1.807) is 11.0 Å². The standard InChI is InChI=1S/C25H22N4O2/c1-2-14-29-24(27-22-8-4-3-7-21(22)25(29)30)18-10-12-20(13-11-18)31-17-19-16-28-15-6-5-9-23(28)26-19/h2-13,15-16,24,27H,1,14,17H2. The summed E-state index contributed by atoms with van der Waals surface area (Å²) in [5.74, 6) is 0.741. The van der Waals surface area contributed by atoms with E-state index in [-0.39, 0.29) is 12.1 Å². The lowest BCUT2D eigenvalue weighted by Gasteiger charge is -2.37. The molecule has 31 heavy (non-hydrogen) atoms. The van der Waals surface area contributed by atoms with Gasteiger partial charge in [-0.2, -0.15) is 0 Å². The molecule has 2 aromatic heterocycles. The van der Waals surface area contributed by atoms with Crippen molar-refractivity contribution in [1.82, 2.24) is 14.3 Å². The lowest BCUT2D eigenvalue weighted by molar-refractivity contribution is 0.0707. The van der Waals surface area contributed by atoms with Crippen molar-refractivity contribution in [2.45, 2.75) is 12.8 Å². The van der Waals surface area contributed by atoms with E-state index in [9.17, 15) is 4.79 Å². The Bertz CT molecular complexity index is 1210. The molecular formula is C25H22N4O2. The van der Waals surface area contributed by atoms with Crippen molar-refractivity contribution < 1.29 is 9.53 Å². The van der Waals surface area contributed by atoms with E-state index < -0.39 is 0 Å². The molecule has 6 heteroatoms. The molecule has 1 N–H and O–H groups in total. The smallest absolute Gasteiger partial charge is 0.258 e. The van der Waals surface area contributed by atoms with E-state index in [1.165, 1.54) is 0 Å². The molecule has 0 saturated heterocycles. The lowest BCUT2D eigenvalue weighted by atomic mass is 10.0. The zero-order chi connectivity index (χ0) is 21.2. The molecule has 0 bridgehead atoms. The van der Waals surface area contributed by atoms with Crippen LogP contribution in [-0.4, -0.2) is 26.7 Å². The second-order valence-electron chi connectivity index (χ2n) is 7.39. The van der Waals surface area contributed by atoms with E-state index >= 15 is 0 Å². The first-order valence-electron chi connectivity index (χ1n) is 10.2. The van der Waals surface area contributed by atoms with E-state index in [2.05, 4.69) is 16.9 Å². The van der Waals surface area contributed by atoms with E-state index in [1.807, 2.05) is 83.5 Å². The monoisotopic (exact) mass is 410 g/mol. The number of rotatable bonds is 6. The number of amides is 1. The molecule has 2 aromatic carbocycles. The number of ether oxygens (including phenoxy) is 1. The van der Waals surface area contributed by atoms with E-state index in [0.717, 1.165) is 28.3 Å². The number of pyridine rings is 1. The predicted octanol–water partition coefficient (Wildman–Crippen LogP) is 4.67. The fourth-order valence-corrected chi connectivity index (χ4v) is 3.84. The van der Waals surface area contributed by atoms with Gasteiger partial charge in [0.1, 0.15) is 24.2 Å². The zero-order valence-corrected chi connectivity index (χ0v) is 16.9. The molecule has 0 radical (unpaired) electrons. The molecule has 3 heterocycles. The third-order valence-electron chi connectivity index (χ3n) is 5.34. The lowest BCUT2D eigenvalue weighted by Crippen LogP contribution is -2.42. The first kappa shape index (κ1) is 18.9. The summed E-state index contributed by atoms with van der Waals surface area (Å²) in [5, 5.41) is 3.47. The average molecular weight is 410 g/mol. The van der Waals surface area contributed by atoms with Crippen LogP contribution in [0.3, 0.4) is 0 Å². The Morgan fingerprint density at radius 2 is 1.87 bits per heavy atom. The molecule has 1 aliphatic rings. The molecule has 1 amide bonds. The van der Waals surface area contributed by atoms with Crippen LogP contribution in [0.15, 0.2) is 91.8 Å². The minimum atomic E-state index is -0.270. The van der Waals surface area contributed by atoms with Gasteiger partial charge in [0.15, 0.2) is 0 Å². The van der Waals surface area contributed by atoms with Crippen molar-refractivity contribution in [1.29, 1.82) is 0 Å². The number of hydrogen-bond donors (Lipinski definition) is 1. The first-order chi connectivity index (χ1) is 15.2. The number of carbonyl (C=O) groups excluding carboxylic acids is 1. The van der Waals surface area contributed by atoms with Crippen molar-refractivity contribution in [3.63, 3.8) is 0 Å². The van der Waals surface area contributed by atoms with Gasteiger partial charge < -0.3 is 19.4 Å². The van der Waals surface area contributed by atoms with Crippen molar-refractivity contribution in [2.24, 2.45) is 0 Å². The number of anilines is 1. The SMILES string of the molecule is C=CCN1C(=O)c2ccccc2NC1c1ccc(OCc2cn3ccccc3n2)cc1. The molecule has 0 saturated carbocycles. The maximum Gasteiger partial charge on any atom is 0.258 e. The predicted molar refractivity (Wildman–Crippen MR) is 120 cm³/mol. The highest BCUT2D eigenvalue weighted by Gasteiger charge is 2.31. The molecule has 1 unspecified atom stereocenters. The topological polar surface area (TPSA) is 58.9 Å². The van der Waals surface area contributed by atoms with Crippen LogP contribution < -0.4 is 10.1 Å². The first-order valence-corrected chi connectivity index (χ1v) is 10.2. The quantitative estimate of drug-likeness (QED) is 0.470. The van der Waals surface area contributed by atoms with Crippen molar-refractivity contribution in [3.05, 3.63) is 109 Å². The Balaban J connectivity index is 1.33. The highest BCUT2D eigenvalue weighted by molar-refractivity contribution is 6.01. The number of fused-ring (bicyclic) bond motifs is 2. The number of aromatic nitrogens is 2. The van der Waals surface area contributed by atoms with Gasteiger partial charge in [0, 0.05) is 24.6 Å². The van der Waals surface area contributed by atoms with Gasteiger partial charge in [0.25, 0.3) is 5.91 Å². The highest BCUT2D eigenvalue weighted by atomic mass is 16.5. The minimum Gasteiger partial charge on any atom is -0.487 e. The number of para-hydroxylation sites is 1. The molecule has 0 spiro atoms. The third kappa shape index (κ3) is 3.64. The molecule has 1 aliphatic heterocycles. The molecule has 1 atom stereocenters. The Morgan fingerprint density at radius 1 is 1.06 bits per heavy atom. The minimum absolute atomic E-state index is 0.00794. The highest BCUT2D eigenvalue weighted by Crippen LogP contribution is 2.33. The Hall–Kier alpha value is -4.06. The van der Waals surface area contributed by atoms with E-state index in [4.69, 9.17) is 4.74 Å². The maximum absolute atomic E-state index is 13.0. The summed E-state index contributed by atoms with van der Waals surface area (Å²) < 4.78 is 7.89. The normalized spacial score (nSPS) is 15.4. The van der Waals surface area contributed by atoms with Crippen LogP contribution in [0, 0.1) is 0 Å². The van der Waals surface area contributed by atoms with Gasteiger partial charge in [-0.15, -0.1) is 6.58 Å². The third-order valence-corrected chi connectivity index (χ3v) is 5.34. The average Bonchev–Trinajstić information content (AvgIpc) is 3.23. The fourth-order valence-electron chi connectivity index (χ4n) is 3.84. The van der Waals surface area contributed by atoms with Crippen LogP contribution in [0.2, 0.25) is 0 Å². The van der Waals surface area contributed by atoms with Gasteiger partial charge in [-0.3, -0.25) is 4.79 Å². The van der Waals surface area contributed by atoms with Crippen molar-refractivity contribution >= 4 is 17.2 Å². The Morgan fingerprint density at radius 3 is 2.68 bits per heavy atom. The maximum atomic E-state index is 13.0.